The highest BCUT2D eigenvalue weighted by Gasteiger charge is 2.06. The highest BCUT2D eigenvalue weighted by Crippen LogP contribution is 2.32. The molecule has 0 bridgehead atoms. The van der Waals surface area contributed by atoms with Gasteiger partial charge in [-0.1, -0.05) is 41.7 Å². The number of hydrogen-bond acceptors (Lipinski definition) is 4. The zero-order chi connectivity index (χ0) is 12.5. The van der Waals surface area contributed by atoms with Crippen LogP contribution in [0.1, 0.15) is 13.8 Å². The highest BCUT2D eigenvalue weighted by atomic mass is 32.1. The van der Waals surface area contributed by atoms with E-state index >= 15 is 0 Å². The van der Waals surface area contributed by atoms with Crippen molar-refractivity contribution in [2.24, 2.45) is 5.10 Å². The molecule has 18 heavy (non-hydrogen) atoms. The molecule has 0 atom stereocenters. The number of nitrogens with zero attached hydrogens (tertiary/aromatic N) is 2. The lowest BCUT2D eigenvalue weighted by Crippen LogP contribution is -1.91. The van der Waals surface area contributed by atoms with Crippen LogP contribution in [0.4, 0.5) is 5.13 Å². The first-order valence-corrected chi connectivity index (χ1v) is 6.61. The molecule has 90 valence electrons. The number of nitrogens with one attached hydrogen (secondary N) is 1. The molecule has 3 nitrogen and oxygen atoms in total. The van der Waals surface area contributed by atoms with Crippen molar-refractivity contribution in [3.63, 3.8) is 0 Å². The van der Waals surface area contributed by atoms with Gasteiger partial charge in [0.05, 0.1) is 10.2 Å². The van der Waals surface area contributed by atoms with Gasteiger partial charge in [0.15, 0.2) is 0 Å². The number of hydrazone groups is 1. The van der Waals surface area contributed by atoms with Gasteiger partial charge in [0, 0.05) is 11.1 Å². The van der Waals surface area contributed by atoms with Gasteiger partial charge in [-0.05, 0) is 25.3 Å². The molecule has 0 unspecified atom stereocenters. The molecular formula is C14H13N3S. The summed E-state index contributed by atoms with van der Waals surface area (Å²) in [4.78, 5) is 4.54. The van der Waals surface area contributed by atoms with Crippen LogP contribution in [-0.4, -0.2) is 10.7 Å². The van der Waals surface area contributed by atoms with E-state index in [9.17, 15) is 0 Å². The van der Waals surface area contributed by atoms with Crippen molar-refractivity contribution < 1.29 is 0 Å². The summed E-state index contributed by atoms with van der Waals surface area (Å²) in [6.45, 7) is 3.91. The second-order valence-electron chi connectivity index (χ2n) is 4.32. The molecule has 0 aliphatic heterocycles. The normalized spacial score (nSPS) is 10.8. The van der Waals surface area contributed by atoms with Crippen LogP contribution in [0.5, 0.6) is 0 Å². The minimum Gasteiger partial charge on any atom is -0.253 e. The maximum absolute atomic E-state index is 4.54. The fourth-order valence-corrected chi connectivity index (χ4v) is 2.81. The Bertz CT molecular complexity index is 739. The van der Waals surface area contributed by atoms with Gasteiger partial charge in [0.2, 0.25) is 5.13 Å². The standard InChI is InChI=1S/C14H13N3S/c1-9(2)16-17-14-15-12-8-7-10-5-3-4-6-11(10)13(12)18-14/h3-8H,1-2H3,(H,15,17). The number of anilines is 1. The summed E-state index contributed by atoms with van der Waals surface area (Å²) in [5.74, 6) is 0. The van der Waals surface area contributed by atoms with Crippen LogP contribution in [0.25, 0.3) is 21.0 Å². The fraction of sp³-hybridized carbons (Fsp3) is 0.143. The summed E-state index contributed by atoms with van der Waals surface area (Å²) in [5.41, 5.74) is 5.00. The minimum atomic E-state index is 0.836. The van der Waals surface area contributed by atoms with E-state index in [1.807, 2.05) is 13.8 Å². The summed E-state index contributed by atoms with van der Waals surface area (Å²) in [5, 5.41) is 7.51. The quantitative estimate of drug-likeness (QED) is 0.549. The van der Waals surface area contributed by atoms with Crippen LogP contribution in [0, 0.1) is 0 Å². The molecule has 0 saturated carbocycles. The maximum Gasteiger partial charge on any atom is 0.204 e. The van der Waals surface area contributed by atoms with E-state index in [1.54, 1.807) is 11.3 Å². The topological polar surface area (TPSA) is 37.3 Å². The van der Waals surface area contributed by atoms with E-state index in [2.05, 4.69) is 51.9 Å². The number of thiazole rings is 1. The first kappa shape index (κ1) is 11.2. The van der Waals surface area contributed by atoms with Crippen molar-refractivity contribution in [2.45, 2.75) is 13.8 Å². The minimum absolute atomic E-state index is 0.836. The molecular weight excluding hydrogens is 242 g/mol. The molecule has 0 radical (unpaired) electrons. The third kappa shape index (κ3) is 1.95. The van der Waals surface area contributed by atoms with Gasteiger partial charge in [0.1, 0.15) is 0 Å². The molecule has 0 aliphatic rings. The SMILES string of the molecule is CC(C)=NNc1nc2ccc3ccccc3c2s1. The predicted molar refractivity (Wildman–Crippen MR) is 79.5 cm³/mol. The Hall–Kier alpha value is -1.94. The van der Waals surface area contributed by atoms with Crippen molar-refractivity contribution in [3.8, 4) is 0 Å². The Morgan fingerprint density at radius 1 is 1.17 bits per heavy atom. The summed E-state index contributed by atoms with van der Waals surface area (Å²) in [6.07, 6.45) is 0. The van der Waals surface area contributed by atoms with Crippen LogP contribution in [-0.2, 0) is 0 Å². The Balaban J connectivity index is 2.16. The summed E-state index contributed by atoms with van der Waals surface area (Å²) >= 11 is 1.64. The first-order valence-electron chi connectivity index (χ1n) is 5.79. The molecule has 3 aromatic rings. The van der Waals surface area contributed by atoms with E-state index in [0.717, 1.165) is 16.4 Å². The van der Waals surface area contributed by atoms with Crippen LogP contribution >= 0.6 is 11.3 Å². The average Bonchev–Trinajstić information content (AvgIpc) is 2.79. The number of aromatic nitrogens is 1. The largest absolute Gasteiger partial charge is 0.253 e. The Labute approximate surface area is 109 Å². The van der Waals surface area contributed by atoms with Crippen LogP contribution < -0.4 is 5.43 Å². The van der Waals surface area contributed by atoms with Crippen LogP contribution in [0.2, 0.25) is 0 Å². The predicted octanol–water partition coefficient (Wildman–Crippen LogP) is 4.26. The van der Waals surface area contributed by atoms with Crippen molar-refractivity contribution in [2.75, 3.05) is 5.43 Å². The number of fused-ring (bicyclic) bond motifs is 3. The number of rotatable bonds is 2. The van der Waals surface area contributed by atoms with E-state index < -0.39 is 0 Å². The molecule has 2 aromatic carbocycles. The summed E-state index contributed by atoms with van der Waals surface area (Å²) in [6, 6.07) is 12.5. The Kier molecular flexibility index (Phi) is 2.72. The molecule has 0 spiro atoms. The van der Waals surface area contributed by atoms with E-state index in [-0.39, 0.29) is 0 Å². The van der Waals surface area contributed by atoms with E-state index in [4.69, 9.17) is 0 Å². The van der Waals surface area contributed by atoms with Crippen LogP contribution in [0.15, 0.2) is 41.5 Å². The summed E-state index contributed by atoms with van der Waals surface area (Å²) < 4.78 is 1.21. The van der Waals surface area contributed by atoms with Gasteiger partial charge in [0.25, 0.3) is 0 Å². The number of hydrogen-bond donors (Lipinski definition) is 1. The third-order valence-electron chi connectivity index (χ3n) is 2.65. The lowest BCUT2D eigenvalue weighted by Gasteiger charge is -1.96. The van der Waals surface area contributed by atoms with Gasteiger partial charge in [-0.15, -0.1) is 0 Å². The molecule has 0 saturated heterocycles. The fourth-order valence-electron chi connectivity index (χ4n) is 1.86. The van der Waals surface area contributed by atoms with Crippen molar-refractivity contribution in [1.82, 2.24) is 4.98 Å². The third-order valence-corrected chi connectivity index (χ3v) is 3.66. The Morgan fingerprint density at radius 3 is 2.83 bits per heavy atom. The zero-order valence-corrected chi connectivity index (χ0v) is 11.1. The number of benzene rings is 2. The smallest absolute Gasteiger partial charge is 0.204 e. The van der Waals surface area contributed by atoms with Crippen LogP contribution in [0.3, 0.4) is 0 Å². The molecule has 1 heterocycles. The van der Waals surface area contributed by atoms with Gasteiger partial charge in [-0.3, -0.25) is 5.43 Å². The second kappa shape index (κ2) is 4.38. The maximum atomic E-state index is 4.54. The van der Waals surface area contributed by atoms with Gasteiger partial charge >= 0.3 is 0 Å². The van der Waals surface area contributed by atoms with Gasteiger partial charge in [-0.25, -0.2) is 4.98 Å². The summed E-state index contributed by atoms with van der Waals surface area (Å²) in [7, 11) is 0. The molecule has 0 amide bonds. The van der Waals surface area contributed by atoms with E-state index in [0.29, 0.717) is 0 Å². The molecule has 0 aliphatic carbocycles. The average molecular weight is 255 g/mol. The lowest BCUT2D eigenvalue weighted by molar-refractivity contribution is 1.29. The van der Waals surface area contributed by atoms with Gasteiger partial charge < -0.3 is 0 Å². The van der Waals surface area contributed by atoms with Crippen molar-refractivity contribution >= 4 is 43.2 Å². The monoisotopic (exact) mass is 255 g/mol. The first-order chi connectivity index (χ1) is 8.74. The Morgan fingerprint density at radius 2 is 2.00 bits per heavy atom. The zero-order valence-electron chi connectivity index (χ0n) is 10.3. The molecule has 4 heteroatoms. The molecule has 0 fully saturated rings. The van der Waals surface area contributed by atoms with E-state index in [1.165, 1.54) is 15.5 Å². The second-order valence-corrected chi connectivity index (χ2v) is 5.32. The molecule has 1 N–H and O–H groups in total. The highest BCUT2D eigenvalue weighted by molar-refractivity contribution is 7.23. The van der Waals surface area contributed by atoms with Crippen molar-refractivity contribution in [1.29, 1.82) is 0 Å². The van der Waals surface area contributed by atoms with Gasteiger partial charge in [-0.2, -0.15) is 5.10 Å². The van der Waals surface area contributed by atoms with Crippen molar-refractivity contribution in [3.05, 3.63) is 36.4 Å². The lowest BCUT2D eigenvalue weighted by atomic mass is 10.1. The molecule has 1 aromatic heterocycles. The molecule has 3 rings (SSSR count).